The van der Waals surface area contributed by atoms with Gasteiger partial charge in [0.2, 0.25) is 11.8 Å². The molecular weight excluding hydrogens is 272 g/mol. The average Bonchev–Trinajstić information content (AvgIpc) is 2.87. The van der Waals surface area contributed by atoms with Crippen LogP contribution >= 0.6 is 11.8 Å². The number of hydrogen-bond donors (Lipinski definition) is 1. The Hall–Kier alpha value is -1.28. The molecular formula is C11H16N2O5S. The number of carboxylic acids is 1. The summed E-state index contributed by atoms with van der Waals surface area (Å²) in [4.78, 5) is 37.7. The highest BCUT2D eigenvalue weighted by molar-refractivity contribution is 7.99. The second-order valence-electron chi connectivity index (χ2n) is 4.49. The van der Waals surface area contributed by atoms with E-state index < -0.39 is 18.1 Å². The molecule has 0 spiro atoms. The van der Waals surface area contributed by atoms with Crippen LogP contribution in [0.3, 0.4) is 0 Å². The molecule has 0 radical (unpaired) electrons. The molecule has 0 saturated carbocycles. The monoisotopic (exact) mass is 288 g/mol. The van der Waals surface area contributed by atoms with Gasteiger partial charge < -0.3 is 19.6 Å². The van der Waals surface area contributed by atoms with Gasteiger partial charge in [-0.1, -0.05) is 0 Å². The van der Waals surface area contributed by atoms with E-state index in [2.05, 4.69) is 0 Å². The van der Waals surface area contributed by atoms with Gasteiger partial charge in [-0.3, -0.25) is 9.59 Å². The minimum atomic E-state index is -1.07. The lowest BCUT2D eigenvalue weighted by atomic mass is 10.2. The highest BCUT2D eigenvalue weighted by Crippen LogP contribution is 2.23. The van der Waals surface area contributed by atoms with Crippen molar-refractivity contribution < 1.29 is 24.2 Å². The predicted octanol–water partition coefficient (Wildman–Crippen LogP) is -0.780. The summed E-state index contributed by atoms with van der Waals surface area (Å²) in [6.07, 6.45) is -0.975. The zero-order valence-corrected chi connectivity index (χ0v) is 11.4. The maximum Gasteiger partial charge on any atom is 0.334 e. The molecule has 0 aromatic heterocycles. The van der Waals surface area contributed by atoms with E-state index in [1.165, 1.54) is 28.5 Å². The summed E-state index contributed by atoms with van der Waals surface area (Å²) in [5.74, 6) is -0.311. The van der Waals surface area contributed by atoms with Crippen molar-refractivity contribution in [2.75, 3.05) is 31.3 Å². The summed E-state index contributed by atoms with van der Waals surface area (Å²) in [5.41, 5.74) is 0. The Morgan fingerprint density at radius 3 is 2.74 bits per heavy atom. The number of carbonyl (C=O) groups excluding carboxylic acids is 2. The van der Waals surface area contributed by atoms with Gasteiger partial charge in [0.05, 0.1) is 19.0 Å². The fraction of sp³-hybridized carbons (Fsp3) is 0.727. The van der Waals surface area contributed by atoms with Crippen molar-refractivity contribution in [2.45, 2.75) is 19.1 Å². The van der Waals surface area contributed by atoms with Crippen molar-refractivity contribution in [1.29, 1.82) is 0 Å². The van der Waals surface area contributed by atoms with Gasteiger partial charge in [-0.2, -0.15) is 0 Å². The van der Waals surface area contributed by atoms with Crippen LogP contribution in [0.5, 0.6) is 0 Å². The Morgan fingerprint density at radius 1 is 1.37 bits per heavy atom. The minimum absolute atomic E-state index is 0.0427. The molecule has 8 heteroatoms. The number of morpholine rings is 1. The fourth-order valence-corrected chi connectivity index (χ4v) is 3.38. The van der Waals surface area contributed by atoms with E-state index in [0.717, 1.165) is 0 Å². The summed E-state index contributed by atoms with van der Waals surface area (Å²) in [6.45, 7) is 2.06. The van der Waals surface area contributed by atoms with Crippen LogP contribution < -0.4 is 0 Å². The molecule has 0 aliphatic carbocycles. The second-order valence-corrected chi connectivity index (χ2v) is 5.49. The van der Waals surface area contributed by atoms with Gasteiger partial charge in [0.1, 0.15) is 6.04 Å². The van der Waals surface area contributed by atoms with Gasteiger partial charge in [-0.25, -0.2) is 4.79 Å². The Morgan fingerprint density at radius 2 is 2.11 bits per heavy atom. The zero-order chi connectivity index (χ0) is 14.0. The molecule has 2 unspecified atom stereocenters. The molecule has 2 aliphatic heterocycles. The third kappa shape index (κ3) is 3.01. The molecule has 2 rings (SSSR count). The summed E-state index contributed by atoms with van der Waals surface area (Å²) >= 11 is 1.53. The molecule has 2 heterocycles. The van der Waals surface area contributed by atoms with Crippen LogP contribution in [0.25, 0.3) is 0 Å². The summed E-state index contributed by atoms with van der Waals surface area (Å²) in [6, 6.07) is -0.477. The highest BCUT2D eigenvalue weighted by Gasteiger charge is 2.38. The zero-order valence-electron chi connectivity index (χ0n) is 10.6. The number of nitrogens with zero attached hydrogens (tertiary/aromatic N) is 2. The molecule has 0 aromatic carbocycles. The maximum absolute atomic E-state index is 12.4. The second kappa shape index (κ2) is 5.79. The molecule has 7 nitrogen and oxygen atoms in total. The van der Waals surface area contributed by atoms with Gasteiger partial charge in [-0.15, -0.1) is 11.8 Å². The number of aliphatic carboxylic acids is 1. The van der Waals surface area contributed by atoms with Crippen LogP contribution in [0.4, 0.5) is 0 Å². The number of carbonyl (C=O) groups is 3. The lowest BCUT2D eigenvalue weighted by Crippen LogP contribution is -2.54. The quantitative estimate of drug-likeness (QED) is 0.717. The van der Waals surface area contributed by atoms with E-state index >= 15 is 0 Å². The highest BCUT2D eigenvalue weighted by atomic mass is 32.2. The largest absolute Gasteiger partial charge is 0.479 e. The van der Waals surface area contributed by atoms with Gasteiger partial charge >= 0.3 is 5.97 Å². The van der Waals surface area contributed by atoms with Crippen LogP contribution in [0.15, 0.2) is 0 Å². The molecule has 1 N–H and O–H groups in total. The number of carboxylic acid groups (broad SMARTS) is 1. The molecule has 0 bridgehead atoms. The van der Waals surface area contributed by atoms with Crippen molar-refractivity contribution >= 4 is 29.5 Å². The summed E-state index contributed by atoms with van der Waals surface area (Å²) in [7, 11) is 0. The van der Waals surface area contributed by atoms with Crippen LogP contribution in [-0.4, -0.2) is 76.2 Å². The van der Waals surface area contributed by atoms with Gasteiger partial charge in [-0.05, 0) is 0 Å². The van der Waals surface area contributed by atoms with E-state index in [4.69, 9.17) is 9.84 Å². The first kappa shape index (κ1) is 14.1. The first-order valence-electron chi connectivity index (χ1n) is 5.99. The smallest absolute Gasteiger partial charge is 0.334 e. The molecule has 19 heavy (non-hydrogen) atoms. The minimum Gasteiger partial charge on any atom is -0.479 e. The van der Waals surface area contributed by atoms with E-state index in [-0.39, 0.29) is 25.0 Å². The molecule has 106 valence electrons. The van der Waals surface area contributed by atoms with E-state index in [0.29, 0.717) is 18.2 Å². The van der Waals surface area contributed by atoms with Crippen molar-refractivity contribution in [2.24, 2.45) is 0 Å². The Labute approximate surface area is 114 Å². The van der Waals surface area contributed by atoms with Gasteiger partial charge in [0.25, 0.3) is 0 Å². The molecule has 2 saturated heterocycles. The number of hydrogen-bond acceptors (Lipinski definition) is 5. The van der Waals surface area contributed by atoms with E-state index in [1.807, 2.05) is 0 Å². The fourth-order valence-electron chi connectivity index (χ4n) is 2.17. The van der Waals surface area contributed by atoms with Gasteiger partial charge in [0, 0.05) is 19.2 Å². The number of ether oxygens (including phenoxy) is 1. The maximum atomic E-state index is 12.4. The van der Waals surface area contributed by atoms with Crippen LogP contribution in [0, 0.1) is 0 Å². The SMILES string of the molecule is CC(=O)N1CSCC1C(=O)N1CCOC(C(=O)O)C1. The average molecular weight is 288 g/mol. The molecule has 2 atom stereocenters. The molecule has 0 aromatic rings. The van der Waals surface area contributed by atoms with Crippen LogP contribution in [-0.2, 0) is 19.1 Å². The van der Waals surface area contributed by atoms with Gasteiger partial charge in [0.15, 0.2) is 6.10 Å². The van der Waals surface area contributed by atoms with E-state index in [9.17, 15) is 14.4 Å². The third-order valence-electron chi connectivity index (χ3n) is 3.23. The summed E-state index contributed by atoms with van der Waals surface area (Å²) < 4.78 is 5.08. The first-order chi connectivity index (χ1) is 9.00. The standard InChI is InChI=1S/C11H16N2O5S/c1-7(14)13-6-19-5-8(13)10(15)12-2-3-18-9(4-12)11(16)17/h8-9H,2-6H2,1H3,(H,16,17). The lowest BCUT2D eigenvalue weighted by molar-refractivity contribution is -0.161. The first-order valence-corrected chi connectivity index (χ1v) is 7.14. The molecule has 2 aliphatic rings. The Bertz CT molecular complexity index is 403. The number of amides is 2. The molecule has 2 fully saturated rings. The van der Waals surface area contributed by atoms with Crippen molar-refractivity contribution in [3.8, 4) is 0 Å². The Kier molecular flexibility index (Phi) is 4.31. The predicted molar refractivity (Wildman–Crippen MR) is 67.6 cm³/mol. The number of rotatable bonds is 2. The Balaban J connectivity index is 2.02. The van der Waals surface area contributed by atoms with E-state index in [1.54, 1.807) is 0 Å². The number of thioether (sulfide) groups is 1. The van der Waals surface area contributed by atoms with Crippen LogP contribution in [0.1, 0.15) is 6.92 Å². The van der Waals surface area contributed by atoms with Crippen molar-refractivity contribution in [1.82, 2.24) is 9.80 Å². The topological polar surface area (TPSA) is 87.2 Å². The summed E-state index contributed by atoms with van der Waals surface area (Å²) in [5, 5.41) is 8.91. The normalized spacial score (nSPS) is 27.4. The molecule has 2 amide bonds. The van der Waals surface area contributed by atoms with Crippen molar-refractivity contribution in [3.63, 3.8) is 0 Å². The van der Waals surface area contributed by atoms with Crippen molar-refractivity contribution in [3.05, 3.63) is 0 Å². The van der Waals surface area contributed by atoms with Crippen LogP contribution in [0.2, 0.25) is 0 Å². The lowest BCUT2D eigenvalue weighted by Gasteiger charge is -2.34. The third-order valence-corrected chi connectivity index (χ3v) is 4.24.